The van der Waals surface area contributed by atoms with E-state index in [2.05, 4.69) is 62.4 Å². The lowest BCUT2D eigenvalue weighted by Gasteiger charge is -2.14. The van der Waals surface area contributed by atoms with Crippen LogP contribution < -0.4 is 0 Å². The van der Waals surface area contributed by atoms with Crippen molar-refractivity contribution in [3.8, 4) is 34.4 Å². The third kappa shape index (κ3) is 4.61. The number of hydrogen-bond acceptors (Lipinski definition) is 2. The molecule has 0 spiro atoms. The van der Waals surface area contributed by atoms with Crippen molar-refractivity contribution in [2.75, 3.05) is 0 Å². The van der Waals surface area contributed by atoms with Crippen molar-refractivity contribution in [2.45, 2.75) is 52.4 Å². The standard InChI is InChI=1S/C28H28N2/c1-3-5-6-10-22-11-7-8-12-24(22)26-18-17-25(27(19-29)28(26)20-30)23-15-13-21(9-4-2)14-16-23/h7-8,11-18H,3-6,9-10H2,1-2H3. The summed E-state index contributed by atoms with van der Waals surface area (Å²) < 4.78 is 0. The van der Waals surface area contributed by atoms with Gasteiger partial charge in [-0.05, 0) is 41.5 Å². The van der Waals surface area contributed by atoms with Gasteiger partial charge in [-0.3, -0.25) is 0 Å². The molecule has 3 aromatic rings. The van der Waals surface area contributed by atoms with Gasteiger partial charge in [-0.25, -0.2) is 0 Å². The van der Waals surface area contributed by atoms with Gasteiger partial charge in [0.15, 0.2) is 0 Å². The Morgan fingerprint density at radius 1 is 0.633 bits per heavy atom. The van der Waals surface area contributed by atoms with Crippen molar-refractivity contribution in [3.63, 3.8) is 0 Å². The molecule has 3 rings (SSSR count). The fraction of sp³-hybridized carbons (Fsp3) is 0.286. The van der Waals surface area contributed by atoms with E-state index in [9.17, 15) is 10.5 Å². The number of rotatable bonds is 8. The molecule has 0 saturated carbocycles. The third-order valence-electron chi connectivity index (χ3n) is 5.59. The van der Waals surface area contributed by atoms with Crippen LogP contribution in [0, 0.1) is 22.7 Å². The van der Waals surface area contributed by atoms with Crippen molar-refractivity contribution in [3.05, 3.63) is 82.9 Å². The molecule has 0 N–H and O–H groups in total. The van der Waals surface area contributed by atoms with Gasteiger partial charge < -0.3 is 0 Å². The molecule has 2 heteroatoms. The van der Waals surface area contributed by atoms with Crippen LogP contribution >= 0.6 is 0 Å². The predicted octanol–water partition coefficient (Wildman–Crippen LogP) is 7.45. The molecular weight excluding hydrogens is 364 g/mol. The van der Waals surface area contributed by atoms with Crippen LogP contribution in [0.5, 0.6) is 0 Å². The molecule has 0 fully saturated rings. The lowest BCUT2D eigenvalue weighted by atomic mass is 9.87. The number of hydrogen-bond donors (Lipinski definition) is 0. The third-order valence-corrected chi connectivity index (χ3v) is 5.59. The topological polar surface area (TPSA) is 47.6 Å². The van der Waals surface area contributed by atoms with Crippen molar-refractivity contribution in [1.29, 1.82) is 10.5 Å². The summed E-state index contributed by atoms with van der Waals surface area (Å²) in [5.41, 5.74) is 7.17. The van der Waals surface area contributed by atoms with Crippen LogP contribution in [0.25, 0.3) is 22.3 Å². The minimum Gasteiger partial charge on any atom is -0.192 e. The first-order valence-corrected chi connectivity index (χ1v) is 10.9. The summed E-state index contributed by atoms with van der Waals surface area (Å²) in [5.74, 6) is 0. The van der Waals surface area contributed by atoms with Gasteiger partial charge in [-0.15, -0.1) is 0 Å². The number of nitrogens with zero attached hydrogens (tertiary/aromatic N) is 2. The molecule has 0 aromatic heterocycles. The van der Waals surface area contributed by atoms with Crippen LogP contribution in [-0.4, -0.2) is 0 Å². The molecule has 0 atom stereocenters. The quantitative estimate of drug-likeness (QED) is 0.374. The first-order chi connectivity index (χ1) is 14.7. The molecule has 0 radical (unpaired) electrons. The second-order valence-corrected chi connectivity index (χ2v) is 7.70. The molecule has 0 unspecified atom stereocenters. The second-order valence-electron chi connectivity index (χ2n) is 7.70. The molecule has 0 amide bonds. The van der Waals surface area contributed by atoms with E-state index in [0.29, 0.717) is 11.1 Å². The second kappa shape index (κ2) is 10.4. The van der Waals surface area contributed by atoms with E-state index in [4.69, 9.17) is 0 Å². The average molecular weight is 393 g/mol. The highest BCUT2D eigenvalue weighted by atomic mass is 14.3. The van der Waals surface area contributed by atoms with Crippen LogP contribution in [0.2, 0.25) is 0 Å². The summed E-state index contributed by atoms with van der Waals surface area (Å²) in [6.45, 7) is 4.37. The van der Waals surface area contributed by atoms with Crippen LogP contribution in [0.4, 0.5) is 0 Å². The van der Waals surface area contributed by atoms with Crippen LogP contribution in [0.3, 0.4) is 0 Å². The van der Waals surface area contributed by atoms with E-state index in [-0.39, 0.29) is 0 Å². The molecule has 30 heavy (non-hydrogen) atoms. The van der Waals surface area contributed by atoms with Crippen molar-refractivity contribution >= 4 is 0 Å². The fourth-order valence-electron chi connectivity index (χ4n) is 4.01. The zero-order valence-corrected chi connectivity index (χ0v) is 17.9. The maximum Gasteiger partial charge on any atom is 0.101 e. The van der Waals surface area contributed by atoms with Crippen LogP contribution in [0.15, 0.2) is 60.7 Å². The predicted molar refractivity (Wildman–Crippen MR) is 124 cm³/mol. The normalized spacial score (nSPS) is 10.4. The van der Waals surface area contributed by atoms with Crippen LogP contribution in [0.1, 0.15) is 61.8 Å². The van der Waals surface area contributed by atoms with Gasteiger partial charge in [-0.1, -0.05) is 93.8 Å². The Balaban J connectivity index is 2.08. The Labute approximate surface area is 180 Å². The molecule has 3 aromatic carbocycles. The molecular formula is C28H28N2. The summed E-state index contributed by atoms with van der Waals surface area (Å²) in [6, 6.07) is 25.2. The average Bonchev–Trinajstić information content (AvgIpc) is 2.79. The minimum atomic E-state index is 0.460. The first-order valence-electron chi connectivity index (χ1n) is 10.9. The highest BCUT2D eigenvalue weighted by Gasteiger charge is 2.17. The van der Waals surface area contributed by atoms with E-state index in [1.807, 2.05) is 24.3 Å². The number of unbranched alkanes of at least 4 members (excludes halogenated alkanes) is 2. The summed E-state index contributed by atoms with van der Waals surface area (Å²) in [5, 5.41) is 19.9. The van der Waals surface area contributed by atoms with Gasteiger partial charge in [0.05, 0.1) is 11.1 Å². The summed E-state index contributed by atoms with van der Waals surface area (Å²) in [7, 11) is 0. The maximum atomic E-state index is 9.98. The van der Waals surface area contributed by atoms with Crippen molar-refractivity contribution < 1.29 is 0 Å². The van der Waals surface area contributed by atoms with Gasteiger partial charge in [0.25, 0.3) is 0 Å². The lowest BCUT2D eigenvalue weighted by Crippen LogP contribution is -1.97. The monoisotopic (exact) mass is 392 g/mol. The van der Waals surface area contributed by atoms with Gasteiger partial charge in [0.2, 0.25) is 0 Å². The Bertz CT molecular complexity index is 1080. The van der Waals surface area contributed by atoms with E-state index >= 15 is 0 Å². The summed E-state index contributed by atoms with van der Waals surface area (Å²) >= 11 is 0. The Kier molecular flexibility index (Phi) is 7.42. The highest BCUT2D eigenvalue weighted by molar-refractivity contribution is 5.83. The SMILES string of the molecule is CCCCCc1ccccc1-c1ccc(-c2ccc(CCC)cc2)c(C#N)c1C#N. The minimum absolute atomic E-state index is 0.460. The Morgan fingerprint density at radius 3 is 1.97 bits per heavy atom. The Hall–Kier alpha value is -3.36. The van der Waals surface area contributed by atoms with E-state index < -0.39 is 0 Å². The molecule has 0 aliphatic carbocycles. The molecule has 0 heterocycles. The largest absolute Gasteiger partial charge is 0.192 e. The van der Waals surface area contributed by atoms with Gasteiger partial charge in [0.1, 0.15) is 12.1 Å². The maximum absolute atomic E-state index is 9.98. The summed E-state index contributed by atoms with van der Waals surface area (Å²) in [6.07, 6.45) is 6.63. The van der Waals surface area contributed by atoms with E-state index in [0.717, 1.165) is 47.9 Å². The van der Waals surface area contributed by atoms with Gasteiger partial charge >= 0.3 is 0 Å². The van der Waals surface area contributed by atoms with E-state index in [1.54, 1.807) is 0 Å². The molecule has 0 aliphatic rings. The first kappa shape index (κ1) is 21.4. The zero-order chi connectivity index (χ0) is 21.3. The zero-order valence-electron chi connectivity index (χ0n) is 17.9. The molecule has 150 valence electrons. The van der Waals surface area contributed by atoms with Crippen molar-refractivity contribution in [1.82, 2.24) is 0 Å². The molecule has 0 saturated heterocycles. The molecule has 0 aliphatic heterocycles. The fourth-order valence-corrected chi connectivity index (χ4v) is 4.01. The smallest absolute Gasteiger partial charge is 0.101 e. The highest BCUT2D eigenvalue weighted by Crippen LogP contribution is 2.35. The Morgan fingerprint density at radius 2 is 1.30 bits per heavy atom. The van der Waals surface area contributed by atoms with Crippen LogP contribution in [-0.2, 0) is 12.8 Å². The van der Waals surface area contributed by atoms with Crippen molar-refractivity contribution in [2.24, 2.45) is 0 Å². The van der Waals surface area contributed by atoms with E-state index in [1.165, 1.54) is 24.0 Å². The molecule has 0 bridgehead atoms. The van der Waals surface area contributed by atoms with Gasteiger partial charge in [0, 0.05) is 11.1 Å². The number of aryl methyl sites for hydroxylation is 2. The molecule has 2 nitrogen and oxygen atoms in total. The summed E-state index contributed by atoms with van der Waals surface area (Å²) in [4.78, 5) is 0. The number of benzene rings is 3. The van der Waals surface area contributed by atoms with Gasteiger partial charge in [-0.2, -0.15) is 10.5 Å². The number of nitriles is 2. The lowest BCUT2D eigenvalue weighted by molar-refractivity contribution is 0.718.